The predicted molar refractivity (Wildman–Crippen MR) is 129 cm³/mol. The second-order valence-electron chi connectivity index (χ2n) is 8.36. The lowest BCUT2D eigenvalue weighted by Gasteiger charge is -2.16. The first kappa shape index (κ1) is 21.7. The van der Waals surface area contributed by atoms with Gasteiger partial charge in [-0.3, -0.25) is 13.9 Å². The molecule has 3 heterocycles. The summed E-state index contributed by atoms with van der Waals surface area (Å²) in [5.41, 5.74) is 7.52. The van der Waals surface area contributed by atoms with E-state index in [1.54, 1.807) is 16.7 Å². The van der Waals surface area contributed by atoms with Gasteiger partial charge in [0.15, 0.2) is 11.5 Å². The van der Waals surface area contributed by atoms with Crippen LogP contribution in [0, 0.1) is 0 Å². The Kier molecular flexibility index (Phi) is 5.75. The van der Waals surface area contributed by atoms with E-state index in [1.807, 2.05) is 54.3 Å². The largest absolute Gasteiger partial charge is 0.457 e. The number of benzene rings is 2. The van der Waals surface area contributed by atoms with Crippen LogP contribution >= 0.6 is 0 Å². The number of fused-ring (bicyclic) bond motifs is 1. The first-order valence-corrected chi connectivity index (χ1v) is 11.4. The molecule has 174 valence electrons. The average Bonchev–Trinajstić information content (AvgIpc) is 3.43. The van der Waals surface area contributed by atoms with Gasteiger partial charge in [-0.1, -0.05) is 25.1 Å². The molecule has 0 radical (unpaired) electrons. The number of aromatic nitrogens is 4. The van der Waals surface area contributed by atoms with Gasteiger partial charge in [-0.15, -0.1) is 0 Å². The molecule has 4 aromatic rings. The molecule has 0 unspecified atom stereocenters. The molecule has 5 rings (SSSR count). The van der Waals surface area contributed by atoms with Crippen molar-refractivity contribution in [3.8, 4) is 17.2 Å². The molecule has 2 aromatic carbocycles. The summed E-state index contributed by atoms with van der Waals surface area (Å²) in [7, 11) is 0. The first-order valence-electron chi connectivity index (χ1n) is 11.4. The second kappa shape index (κ2) is 9.01. The van der Waals surface area contributed by atoms with E-state index in [-0.39, 0.29) is 23.5 Å². The highest BCUT2D eigenvalue weighted by molar-refractivity contribution is 5.84. The fourth-order valence-corrected chi connectivity index (χ4v) is 4.48. The van der Waals surface area contributed by atoms with Gasteiger partial charge in [0, 0.05) is 19.5 Å². The number of nitrogens with zero attached hydrogens (tertiary/aromatic N) is 5. The van der Waals surface area contributed by atoms with Gasteiger partial charge in [-0.05, 0) is 49.2 Å². The Balaban J connectivity index is 1.52. The maximum atomic E-state index is 13.7. The molecule has 1 atom stereocenters. The van der Waals surface area contributed by atoms with E-state index >= 15 is 0 Å². The minimum absolute atomic E-state index is 0.116. The van der Waals surface area contributed by atoms with Gasteiger partial charge >= 0.3 is 5.69 Å². The van der Waals surface area contributed by atoms with E-state index in [9.17, 15) is 9.59 Å². The van der Waals surface area contributed by atoms with Crippen LogP contribution in [0.15, 0.2) is 65.7 Å². The molecule has 0 spiro atoms. The number of carbonyl (C=O) groups excluding carboxylic acids is 1. The maximum Gasteiger partial charge on any atom is 0.335 e. The Morgan fingerprint density at radius 1 is 1.09 bits per heavy atom. The smallest absolute Gasteiger partial charge is 0.335 e. The van der Waals surface area contributed by atoms with Gasteiger partial charge in [0.2, 0.25) is 5.91 Å². The third kappa shape index (κ3) is 3.89. The van der Waals surface area contributed by atoms with Crippen LogP contribution in [0.2, 0.25) is 0 Å². The summed E-state index contributed by atoms with van der Waals surface area (Å²) < 4.78 is 9.06. The number of nitrogens with two attached hydrogens (primary N) is 1. The number of para-hydroxylation sites is 1. The van der Waals surface area contributed by atoms with E-state index in [2.05, 4.69) is 9.97 Å². The van der Waals surface area contributed by atoms with Crippen LogP contribution < -0.4 is 16.2 Å². The summed E-state index contributed by atoms with van der Waals surface area (Å²) >= 11 is 0. The fourth-order valence-electron chi connectivity index (χ4n) is 4.48. The maximum absolute atomic E-state index is 13.7. The highest BCUT2D eigenvalue weighted by Gasteiger charge is 2.31. The molecule has 34 heavy (non-hydrogen) atoms. The van der Waals surface area contributed by atoms with Crippen molar-refractivity contribution in [2.75, 3.05) is 18.8 Å². The third-order valence-corrected chi connectivity index (χ3v) is 6.10. The number of hydrogen-bond acceptors (Lipinski definition) is 6. The van der Waals surface area contributed by atoms with Crippen LogP contribution in [0.25, 0.3) is 16.9 Å². The Hall–Kier alpha value is -4.14. The van der Waals surface area contributed by atoms with E-state index in [0.29, 0.717) is 48.5 Å². The molecule has 0 saturated carbocycles. The Labute approximate surface area is 196 Å². The summed E-state index contributed by atoms with van der Waals surface area (Å²) in [6.07, 6.45) is 3.36. The molecule has 0 aliphatic carbocycles. The number of ether oxygens (including phenoxy) is 1. The fraction of sp³-hybridized carbons (Fsp3) is 0.280. The Morgan fingerprint density at radius 3 is 2.56 bits per heavy atom. The molecule has 9 nitrogen and oxygen atoms in total. The monoisotopic (exact) mass is 458 g/mol. The van der Waals surface area contributed by atoms with Crippen molar-refractivity contribution in [1.29, 1.82) is 0 Å². The number of anilines is 1. The molecule has 1 aliphatic rings. The molecule has 1 fully saturated rings. The number of nitrogen functional groups attached to an aromatic ring is 1. The summed E-state index contributed by atoms with van der Waals surface area (Å²) in [5, 5.41) is 0. The van der Waals surface area contributed by atoms with Gasteiger partial charge in [0.1, 0.15) is 23.3 Å². The standard InChI is InChI=1S/C25H26N6O3/c1-2-6-21(32)29-14-13-18(15-29)31-24-22(23(26)27-16-28-24)30(25(31)33)17-9-11-20(12-10-17)34-19-7-4-3-5-8-19/h3-5,7-12,16,18H,2,6,13-15H2,1H3,(H2,26,27,28)/t18-/m1/s1. The Bertz CT molecular complexity index is 1380. The van der Waals surface area contributed by atoms with Crippen molar-refractivity contribution in [2.45, 2.75) is 32.2 Å². The van der Waals surface area contributed by atoms with Gasteiger partial charge in [0.05, 0.1) is 11.7 Å². The number of amides is 1. The van der Waals surface area contributed by atoms with Crippen LogP contribution in [0.3, 0.4) is 0 Å². The number of hydrogen-bond donors (Lipinski definition) is 1. The lowest BCUT2D eigenvalue weighted by molar-refractivity contribution is -0.130. The number of rotatable bonds is 6. The average molecular weight is 459 g/mol. The van der Waals surface area contributed by atoms with E-state index in [1.165, 1.54) is 10.9 Å². The zero-order chi connectivity index (χ0) is 23.7. The van der Waals surface area contributed by atoms with Gasteiger partial charge in [0.25, 0.3) is 0 Å². The predicted octanol–water partition coefficient (Wildman–Crippen LogP) is 3.53. The zero-order valence-corrected chi connectivity index (χ0v) is 18.9. The minimum Gasteiger partial charge on any atom is -0.457 e. The van der Waals surface area contributed by atoms with Crippen molar-refractivity contribution < 1.29 is 9.53 Å². The summed E-state index contributed by atoms with van der Waals surface area (Å²) in [4.78, 5) is 36.4. The van der Waals surface area contributed by atoms with Crippen molar-refractivity contribution in [2.24, 2.45) is 0 Å². The van der Waals surface area contributed by atoms with Crippen LogP contribution in [-0.4, -0.2) is 43.0 Å². The Morgan fingerprint density at radius 2 is 1.82 bits per heavy atom. The lowest BCUT2D eigenvalue weighted by atomic mass is 10.2. The third-order valence-electron chi connectivity index (χ3n) is 6.10. The van der Waals surface area contributed by atoms with Crippen LogP contribution in [0.5, 0.6) is 11.5 Å². The molecule has 9 heteroatoms. The second-order valence-corrected chi connectivity index (χ2v) is 8.36. The van der Waals surface area contributed by atoms with Gasteiger partial charge in [-0.25, -0.2) is 14.8 Å². The van der Waals surface area contributed by atoms with Crippen LogP contribution in [0.4, 0.5) is 5.82 Å². The lowest BCUT2D eigenvalue weighted by Crippen LogP contribution is -2.31. The molecule has 1 amide bonds. The zero-order valence-electron chi connectivity index (χ0n) is 18.9. The van der Waals surface area contributed by atoms with E-state index < -0.39 is 0 Å². The summed E-state index contributed by atoms with van der Waals surface area (Å²) in [6.45, 7) is 3.08. The van der Waals surface area contributed by atoms with Crippen molar-refractivity contribution in [1.82, 2.24) is 24.0 Å². The van der Waals surface area contributed by atoms with E-state index in [4.69, 9.17) is 10.5 Å². The van der Waals surface area contributed by atoms with Crippen LogP contribution in [0.1, 0.15) is 32.2 Å². The molecule has 2 aromatic heterocycles. The number of carbonyl (C=O) groups is 1. The molecular weight excluding hydrogens is 432 g/mol. The quantitative estimate of drug-likeness (QED) is 0.474. The molecule has 1 saturated heterocycles. The topological polar surface area (TPSA) is 108 Å². The van der Waals surface area contributed by atoms with Gasteiger partial charge in [-0.2, -0.15) is 0 Å². The van der Waals surface area contributed by atoms with E-state index in [0.717, 1.165) is 12.2 Å². The first-order chi connectivity index (χ1) is 16.6. The molecular formula is C25H26N6O3. The highest BCUT2D eigenvalue weighted by Crippen LogP contribution is 2.29. The van der Waals surface area contributed by atoms with Crippen molar-refractivity contribution in [3.05, 3.63) is 71.4 Å². The highest BCUT2D eigenvalue weighted by atomic mass is 16.5. The SMILES string of the molecule is CCCC(=O)N1CC[C@@H](n2c(=O)n(-c3ccc(Oc4ccccc4)cc3)c3c(N)ncnc32)C1. The van der Waals surface area contributed by atoms with Crippen molar-refractivity contribution >= 4 is 22.9 Å². The summed E-state index contributed by atoms with van der Waals surface area (Å²) in [6, 6.07) is 16.5. The summed E-state index contributed by atoms with van der Waals surface area (Å²) in [5.74, 6) is 1.72. The normalized spacial score (nSPS) is 15.7. The van der Waals surface area contributed by atoms with Crippen LogP contribution in [-0.2, 0) is 4.79 Å². The molecule has 0 bridgehead atoms. The molecule has 2 N–H and O–H groups in total. The van der Waals surface area contributed by atoms with Crippen molar-refractivity contribution in [3.63, 3.8) is 0 Å². The molecule has 1 aliphatic heterocycles. The number of imidazole rings is 1. The minimum atomic E-state index is -0.256. The number of likely N-dealkylation sites (tertiary alicyclic amines) is 1. The van der Waals surface area contributed by atoms with Gasteiger partial charge < -0.3 is 15.4 Å².